The van der Waals surface area contributed by atoms with Crippen LogP contribution in [0, 0.1) is 11.3 Å². The molecule has 0 bridgehead atoms. The summed E-state index contributed by atoms with van der Waals surface area (Å²) in [6.07, 6.45) is 3.64. The normalized spacial score (nSPS) is 10.9. The van der Waals surface area contributed by atoms with E-state index in [2.05, 4.69) is 36.3 Å². The summed E-state index contributed by atoms with van der Waals surface area (Å²) in [5, 5.41) is 11.5. The van der Waals surface area contributed by atoms with Crippen molar-refractivity contribution in [1.29, 1.82) is 5.26 Å². The Balaban J connectivity index is 2.62. The first kappa shape index (κ1) is 10.7. The Bertz CT molecular complexity index is 311. The van der Waals surface area contributed by atoms with Crippen LogP contribution in [0.15, 0.2) is 24.5 Å². The fourth-order valence-electron chi connectivity index (χ4n) is 1.30. The average molecular weight is 189 g/mol. The third-order valence-corrected chi connectivity index (χ3v) is 2.21. The molecule has 0 unspecified atom stereocenters. The third-order valence-electron chi connectivity index (χ3n) is 2.21. The van der Waals surface area contributed by atoms with E-state index in [9.17, 15) is 0 Å². The van der Waals surface area contributed by atoms with Crippen LogP contribution in [0.1, 0.15) is 19.4 Å². The number of pyridine rings is 1. The maximum absolute atomic E-state index is 8.41. The second-order valence-electron chi connectivity index (χ2n) is 3.89. The molecular weight excluding hydrogens is 174 g/mol. The first-order chi connectivity index (χ1) is 6.67. The molecule has 0 aromatic carbocycles. The van der Waals surface area contributed by atoms with Crippen LogP contribution in [0.5, 0.6) is 0 Å². The van der Waals surface area contributed by atoms with Crippen LogP contribution in [0.4, 0.5) is 0 Å². The molecule has 1 rings (SSSR count). The summed E-state index contributed by atoms with van der Waals surface area (Å²) >= 11 is 0. The minimum absolute atomic E-state index is 0.0190. The zero-order chi connectivity index (χ0) is 10.4. The quantitative estimate of drug-likeness (QED) is 0.576. The van der Waals surface area contributed by atoms with Gasteiger partial charge in [0.05, 0.1) is 12.6 Å². The third kappa shape index (κ3) is 2.82. The number of aromatic nitrogens is 1. The van der Waals surface area contributed by atoms with Gasteiger partial charge in [0.1, 0.15) is 0 Å². The molecule has 0 saturated carbocycles. The van der Waals surface area contributed by atoms with Crippen LogP contribution in [-0.4, -0.2) is 18.1 Å². The molecular formula is C11H15N3. The van der Waals surface area contributed by atoms with Crippen molar-refractivity contribution in [2.75, 3.05) is 13.1 Å². The van der Waals surface area contributed by atoms with Gasteiger partial charge in [-0.3, -0.25) is 4.98 Å². The van der Waals surface area contributed by atoms with Crippen molar-refractivity contribution in [2.45, 2.75) is 19.3 Å². The molecule has 0 amide bonds. The molecule has 0 aliphatic rings. The second kappa shape index (κ2) is 4.73. The average Bonchev–Trinajstić information content (AvgIpc) is 2.19. The number of rotatable bonds is 4. The number of nitriles is 1. The minimum Gasteiger partial charge on any atom is -0.304 e. The maximum Gasteiger partial charge on any atom is 0.0841 e. The molecule has 0 saturated heterocycles. The Morgan fingerprint density at radius 3 is 2.93 bits per heavy atom. The fraction of sp³-hybridized carbons (Fsp3) is 0.455. The molecule has 1 aromatic heterocycles. The van der Waals surface area contributed by atoms with Crippen LogP contribution in [-0.2, 0) is 5.41 Å². The van der Waals surface area contributed by atoms with Crippen LogP contribution in [0.3, 0.4) is 0 Å². The van der Waals surface area contributed by atoms with Crippen molar-refractivity contribution in [1.82, 2.24) is 10.3 Å². The lowest BCUT2D eigenvalue weighted by Crippen LogP contribution is -2.33. The summed E-state index contributed by atoms with van der Waals surface area (Å²) < 4.78 is 0. The van der Waals surface area contributed by atoms with Crippen molar-refractivity contribution in [3.63, 3.8) is 0 Å². The van der Waals surface area contributed by atoms with E-state index >= 15 is 0 Å². The SMILES string of the molecule is CC(C)(CNCC#N)c1cccnc1. The smallest absolute Gasteiger partial charge is 0.0841 e. The molecule has 0 spiro atoms. The van der Waals surface area contributed by atoms with E-state index in [1.807, 2.05) is 12.3 Å². The van der Waals surface area contributed by atoms with Gasteiger partial charge in [0.2, 0.25) is 0 Å². The van der Waals surface area contributed by atoms with Gasteiger partial charge < -0.3 is 5.32 Å². The Hall–Kier alpha value is -1.40. The van der Waals surface area contributed by atoms with Gasteiger partial charge in [0.25, 0.3) is 0 Å². The Morgan fingerprint density at radius 1 is 1.57 bits per heavy atom. The molecule has 3 heteroatoms. The Kier molecular flexibility index (Phi) is 3.61. The molecule has 74 valence electrons. The molecule has 0 fully saturated rings. The standard InChI is InChI=1S/C11H15N3/c1-11(2,9-14-7-5-12)10-4-3-6-13-8-10/h3-4,6,8,14H,7,9H2,1-2H3. The molecule has 0 aliphatic heterocycles. The highest BCUT2D eigenvalue weighted by Gasteiger charge is 2.19. The number of hydrogen-bond acceptors (Lipinski definition) is 3. The van der Waals surface area contributed by atoms with Crippen molar-refractivity contribution in [3.8, 4) is 6.07 Å². The minimum atomic E-state index is 0.0190. The summed E-state index contributed by atoms with van der Waals surface area (Å²) in [5.41, 5.74) is 1.20. The van der Waals surface area contributed by atoms with Crippen molar-refractivity contribution in [2.24, 2.45) is 0 Å². The van der Waals surface area contributed by atoms with E-state index < -0.39 is 0 Å². The van der Waals surface area contributed by atoms with Crippen LogP contribution in [0.2, 0.25) is 0 Å². The van der Waals surface area contributed by atoms with E-state index in [1.54, 1.807) is 6.20 Å². The zero-order valence-electron chi connectivity index (χ0n) is 8.62. The summed E-state index contributed by atoms with van der Waals surface area (Å²) in [6, 6.07) is 6.05. The summed E-state index contributed by atoms with van der Waals surface area (Å²) in [6.45, 7) is 5.44. The van der Waals surface area contributed by atoms with Crippen LogP contribution >= 0.6 is 0 Å². The van der Waals surface area contributed by atoms with Gasteiger partial charge in [-0.25, -0.2) is 0 Å². The maximum atomic E-state index is 8.41. The predicted molar refractivity (Wildman–Crippen MR) is 55.7 cm³/mol. The molecule has 0 radical (unpaired) electrons. The highest BCUT2D eigenvalue weighted by molar-refractivity contribution is 5.19. The first-order valence-corrected chi connectivity index (χ1v) is 4.65. The molecule has 1 N–H and O–H groups in total. The van der Waals surface area contributed by atoms with E-state index in [0.717, 1.165) is 6.54 Å². The number of nitrogens with one attached hydrogen (secondary N) is 1. The fourth-order valence-corrected chi connectivity index (χ4v) is 1.30. The van der Waals surface area contributed by atoms with Gasteiger partial charge in [-0.15, -0.1) is 0 Å². The van der Waals surface area contributed by atoms with Gasteiger partial charge >= 0.3 is 0 Å². The van der Waals surface area contributed by atoms with Crippen LogP contribution < -0.4 is 5.32 Å². The summed E-state index contributed by atoms with van der Waals surface area (Å²) in [4.78, 5) is 4.09. The van der Waals surface area contributed by atoms with E-state index in [-0.39, 0.29) is 5.41 Å². The molecule has 0 atom stereocenters. The second-order valence-corrected chi connectivity index (χ2v) is 3.89. The van der Waals surface area contributed by atoms with E-state index in [1.165, 1.54) is 5.56 Å². The largest absolute Gasteiger partial charge is 0.304 e. The number of hydrogen-bond donors (Lipinski definition) is 1. The summed E-state index contributed by atoms with van der Waals surface area (Å²) in [7, 11) is 0. The van der Waals surface area contributed by atoms with Gasteiger partial charge in [-0.1, -0.05) is 19.9 Å². The highest BCUT2D eigenvalue weighted by Crippen LogP contribution is 2.20. The lowest BCUT2D eigenvalue weighted by atomic mass is 9.86. The van der Waals surface area contributed by atoms with Crippen molar-refractivity contribution >= 4 is 0 Å². The molecule has 0 aliphatic carbocycles. The predicted octanol–water partition coefficient (Wildman–Crippen LogP) is 1.47. The van der Waals surface area contributed by atoms with E-state index in [4.69, 9.17) is 5.26 Å². The molecule has 1 aromatic rings. The van der Waals surface area contributed by atoms with Gasteiger partial charge in [0, 0.05) is 24.4 Å². The highest BCUT2D eigenvalue weighted by atomic mass is 14.9. The first-order valence-electron chi connectivity index (χ1n) is 4.65. The molecule has 3 nitrogen and oxygen atoms in total. The van der Waals surface area contributed by atoms with Crippen LogP contribution in [0.25, 0.3) is 0 Å². The monoisotopic (exact) mass is 189 g/mol. The molecule has 1 heterocycles. The van der Waals surface area contributed by atoms with Crippen molar-refractivity contribution < 1.29 is 0 Å². The lowest BCUT2D eigenvalue weighted by molar-refractivity contribution is 0.483. The number of nitrogens with zero attached hydrogens (tertiary/aromatic N) is 2. The lowest BCUT2D eigenvalue weighted by Gasteiger charge is -2.24. The van der Waals surface area contributed by atoms with Gasteiger partial charge in [0.15, 0.2) is 0 Å². The Morgan fingerprint density at radius 2 is 2.36 bits per heavy atom. The van der Waals surface area contributed by atoms with Gasteiger partial charge in [-0.05, 0) is 11.6 Å². The Labute approximate surface area is 84.8 Å². The topological polar surface area (TPSA) is 48.7 Å². The van der Waals surface area contributed by atoms with Gasteiger partial charge in [-0.2, -0.15) is 5.26 Å². The summed E-state index contributed by atoms with van der Waals surface area (Å²) in [5.74, 6) is 0. The zero-order valence-corrected chi connectivity index (χ0v) is 8.62. The van der Waals surface area contributed by atoms with E-state index in [0.29, 0.717) is 6.54 Å². The molecule has 14 heavy (non-hydrogen) atoms. The van der Waals surface area contributed by atoms with Crippen molar-refractivity contribution in [3.05, 3.63) is 30.1 Å².